The van der Waals surface area contributed by atoms with Gasteiger partial charge in [0.25, 0.3) is 0 Å². The molecule has 0 radical (unpaired) electrons. The Labute approximate surface area is 684 Å². The lowest BCUT2D eigenvalue weighted by Gasteiger charge is -2.40. The lowest BCUT2D eigenvalue weighted by Crippen LogP contribution is -2.55. The summed E-state index contributed by atoms with van der Waals surface area (Å²) >= 11 is 0. The van der Waals surface area contributed by atoms with E-state index in [1.165, 1.54) is 110 Å². The van der Waals surface area contributed by atoms with Gasteiger partial charge in [-0.2, -0.15) is 0 Å². The Hall–Kier alpha value is -4.84. The summed E-state index contributed by atoms with van der Waals surface area (Å²) in [6.07, 6.45) is 5.78. The smallest absolute Gasteiger partial charge is 0.307 e. The Balaban J connectivity index is 0.000000745. The standard InChI is InChI=1S/C55H99N5O24.C30H52O/c1-34-46(69)49(72)38(31-61)82-53(34)79-24-10-6-14-41(64)56-19-9-5-13-37(59-44(67)17-27-77-29-30-78-28-18-45(68)76-4)52(75)60(22-20-57-42(65)15-7-11-25-80-54-35(2)47(70)50(73)39(32-62)83-54)23-21-58-43(66)16-8-12-26-81-55-36(3)48(71)51(74)40(33-63)84-55;1-21(2)13-10-14-22(3)15-11-16-23(4)17-12-19-30(9)20-18-28-26(7)24(5)25(6)27(8)29(28)31-30/h34-40,46-51,53-55,61-63,69-74H,5-33H2,1-4H3,(H,56,64)(H,57,65)(H,58,66)(H,59,67);21-23H,10-20H2,1-9H3/t;22-,23-,30-/m.1/s1. The van der Waals surface area contributed by atoms with Crippen molar-refractivity contribution in [3.8, 4) is 5.75 Å². The monoisotopic (exact) mass is 1640 g/mol. The van der Waals surface area contributed by atoms with E-state index >= 15 is 0 Å². The molecule has 3 saturated heterocycles. The van der Waals surface area contributed by atoms with E-state index in [1.54, 1.807) is 20.8 Å². The first-order valence-electron chi connectivity index (χ1n) is 42.9. The molecule has 0 spiro atoms. The molecule has 30 heteroatoms. The molecule has 1 aromatic rings. The van der Waals surface area contributed by atoms with Gasteiger partial charge in [0.05, 0.1) is 78.1 Å². The second-order valence-corrected chi connectivity index (χ2v) is 33.2. The molecule has 0 bridgehead atoms. The first-order chi connectivity index (χ1) is 54.8. The van der Waals surface area contributed by atoms with Crippen molar-refractivity contribution in [2.24, 2.45) is 35.5 Å². The molecule has 666 valence electrons. The molecule has 5 rings (SSSR count). The van der Waals surface area contributed by atoms with Crippen LogP contribution in [0.4, 0.5) is 0 Å². The van der Waals surface area contributed by atoms with Gasteiger partial charge in [-0.3, -0.25) is 28.8 Å². The van der Waals surface area contributed by atoms with E-state index in [1.807, 2.05) is 0 Å². The number of amides is 5. The Morgan fingerprint density at radius 3 is 1.32 bits per heavy atom. The molecule has 3 fully saturated rings. The van der Waals surface area contributed by atoms with Crippen LogP contribution < -0.4 is 26.0 Å². The lowest BCUT2D eigenvalue weighted by atomic mass is 9.83. The molecule has 0 saturated carbocycles. The van der Waals surface area contributed by atoms with Crippen LogP contribution in [0.25, 0.3) is 0 Å². The quantitative estimate of drug-likeness (QED) is 0.0261. The number of nitrogens with zero attached hydrogens (tertiary/aromatic N) is 1. The number of aliphatic hydroxyl groups is 9. The second-order valence-electron chi connectivity index (χ2n) is 33.2. The van der Waals surface area contributed by atoms with Gasteiger partial charge in [0.2, 0.25) is 29.5 Å². The predicted octanol–water partition coefficient (Wildman–Crippen LogP) is 6.03. The molecule has 19 atom stereocenters. The summed E-state index contributed by atoms with van der Waals surface area (Å²) in [5.41, 5.74) is 7.15. The molecule has 1 aromatic carbocycles. The zero-order chi connectivity index (χ0) is 85.2. The molecule has 4 aliphatic heterocycles. The predicted molar refractivity (Wildman–Crippen MR) is 432 cm³/mol. The number of ether oxygens (including phenoxy) is 10. The van der Waals surface area contributed by atoms with Crippen molar-refractivity contribution in [3.05, 3.63) is 27.8 Å². The summed E-state index contributed by atoms with van der Waals surface area (Å²) in [6, 6.07) is -1.06. The highest BCUT2D eigenvalue weighted by molar-refractivity contribution is 5.88. The third-order valence-corrected chi connectivity index (χ3v) is 23.2. The number of carbonyl (C=O) groups excluding carboxylic acids is 6. The van der Waals surface area contributed by atoms with Crippen molar-refractivity contribution in [2.75, 3.05) is 106 Å². The highest BCUT2D eigenvalue weighted by atomic mass is 16.7. The van der Waals surface area contributed by atoms with Crippen LogP contribution in [0.2, 0.25) is 0 Å². The zero-order valence-electron chi connectivity index (χ0n) is 71.8. The third kappa shape index (κ3) is 37.0. The number of carbonyl (C=O) groups is 6. The first-order valence-corrected chi connectivity index (χ1v) is 42.9. The van der Waals surface area contributed by atoms with E-state index in [-0.39, 0.29) is 141 Å². The van der Waals surface area contributed by atoms with Crippen LogP contribution >= 0.6 is 0 Å². The van der Waals surface area contributed by atoms with E-state index in [9.17, 15) is 74.7 Å². The Morgan fingerprint density at radius 2 is 0.887 bits per heavy atom. The van der Waals surface area contributed by atoms with Gasteiger partial charge in [-0.05, 0) is 164 Å². The van der Waals surface area contributed by atoms with Crippen molar-refractivity contribution < 1.29 is 122 Å². The summed E-state index contributed by atoms with van der Waals surface area (Å²) in [6.45, 7) is 25.7. The molecule has 4 heterocycles. The molecular formula is C85H151N5O25. The number of nitrogens with one attached hydrogen (secondary N) is 4. The van der Waals surface area contributed by atoms with Crippen molar-refractivity contribution in [1.29, 1.82) is 0 Å². The van der Waals surface area contributed by atoms with E-state index in [0.717, 1.165) is 24.2 Å². The molecule has 30 nitrogen and oxygen atoms in total. The zero-order valence-corrected chi connectivity index (χ0v) is 71.8. The number of fused-ring (bicyclic) bond motifs is 1. The van der Waals surface area contributed by atoms with E-state index in [2.05, 4.69) is 88.3 Å². The Bertz CT molecular complexity index is 2870. The number of esters is 1. The number of unbranched alkanes of at least 4 members (excludes halogenated alkanes) is 4. The SMILES string of the molecule is COC(=O)CCOCCOCCC(=O)NC(CCCCNC(=O)CCCCOC1OC(CO)C(O)C(O)C1C)C(=O)N(CCNC(=O)CCCCOC1OC(CO)C(O)C(O)C1C)CCNC(=O)CCCCOC1OC(CO)C(O)C(O)C1C.Cc1c(C)c(C)c2c(c1C)CC[C@@](C)(CCC[C@H](C)CCC[C@H](C)CCCC(C)C)O2. The molecule has 0 aromatic heterocycles. The van der Waals surface area contributed by atoms with E-state index in [4.69, 9.17) is 42.6 Å². The largest absolute Gasteiger partial charge is 0.487 e. The van der Waals surface area contributed by atoms with Crippen LogP contribution in [-0.4, -0.2) is 278 Å². The third-order valence-electron chi connectivity index (χ3n) is 23.2. The van der Waals surface area contributed by atoms with Gasteiger partial charge in [-0.1, -0.05) is 93.4 Å². The molecule has 0 aliphatic carbocycles. The van der Waals surface area contributed by atoms with Gasteiger partial charge in [0.1, 0.15) is 54.0 Å². The van der Waals surface area contributed by atoms with Crippen molar-refractivity contribution in [1.82, 2.24) is 26.2 Å². The van der Waals surface area contributed by atoms with Crippen LogP contribution in [-0.2, 0) is 77.8 Å². The highest BCUT2D eigenvalue weighted by Gasteiger charge is 2.45. The van der Waals surface area contributed by atoms with Gasteiger partial charge in [0, 0.05) is 96.0 Å². The van der Waals surface area contributed by atoms with E-state index in [0.29, 0.717) is 51.4 Å². The highest BCUT2D eigenvalue weighted by Crippen LogP contribution is 2.43. The van der Waals surface area contributed by atoms with Crippen molar-refractivity contribution >= 4 is 35.5 Å². The summed E-state index contributed by atoms with van der Waals surface area (Å²) < 4.78 is 56.3. The molecule has 16 unspecified atom stereocenters. The summed E-state index contributed by atoms with van der Waals surface area (Å²) in [5, 5.41) is 101. The number of hydrogen-bond acceptors (Lipinski definition) is 25. The average molecular weight is 1640 g/mol. The maximum Gasteiger partial charge on any atom is 0.307 e. The van der Waals surface area contributed by atoms with Gasteiger partial charge in [-0.15, -0.1) is 0 Å². The number of methoxy groups -OCH3 is 1. The fourth-order valence-electron chi connectivity index (χ4n) is 14.9. The summed E-state index contributed by atoms with van der Waals surface area (Å²) in [7, 11) is 1.27. The molecule has 4 aliphatic rings. The minimum absolute atomic E-state index is 0.00392. The molecule has 115 heavy (non-hydrogen) atoms. The maximum atomic E-state index is 14.5. The van der Waals surface area contributed by atoms with Crippen molar-refractivity contribution in [3.63, 3.8) is 0 Å². The van der Waals surface area contributed by atoms with Gasteiger partial charge >= 0.3 is 5.97 Å². The number of aliphatic hydroxyl groups excluding tert-OH is 9. The van der Waals surface area contributed by atoms with Gasteiger partial charge in [0.15, 0.2) is 18.9 Å². The minimum atomic E-state index is -1.26. The summed E-state index contributed by atoms with van der Waals surface area (Å²) in [5.74, 6) is -0.126. The van der Waals surface area contributed by atoms with Crippen LogP contribution in [0.3, 0.4) is 0 Å². The molecular weight excluding hydrogens is 1490 g/mol. The lowest BCUT2D eigenvalue weighted by molar-refractivity contribution is -0.282. The average Bonchev–Trinajstić information content (AvgIpc) is 0.776. The fourth-order valence-corrected chi connectivity index (χ4v) is 14.9. The maximum absolute atomic E-state index is 14.5. The van der Waals surface area contributed by atoms with Crippen LogP contribution in [0.1, 0.15) is 237 Å². The van der Waals surface area contributed by atoms with Gasteiger partial charge in [-0.25, -0.2) is 0 Å². The van der Waals surface area contributed by atoms with Crippen LogP contribution in [0, 0.1) is 63.2 Å². The van der Waals surface area contributed by atoms with Crippen LogP contribution in [0.5, 0.6) is 5.75 Å². The first kappa shape index (κ1) is 103. The topological polar surface area (TPSA) is 428 Å². The normalized spacial score (nSPS) is 26.1. The van der Waals surface area contributed by atoms with Crippen LogP contribution in [0.15, 0.2) is 0 Å². The minimum Gasteiger partial charge on any atom is -0.487 e. The Kier molecular flexibility index (Phi) is 49.8. The fraction of sp³-hybridized carbons (Fsp3) is 0.859. The van der Waals surface area contributed by atoms with E-state index < -0.39 is 135 Å². The molecule has 5 amide bonds. The number of hydrogen-bond donors (Lipinski definition) is 13. The Morgan fingerprint density at radius 1 is 0.470 bits per heavy atom. The van der Waals surface area contributed by atoms with Crippen molar-refractivity contribution in [2.45, 2.75) is 329 Å². The summed E-state index contributed by atoms with van der Waals surface area (Å²) in [4.78, 5) is 79.4. The molecule has 13 N–H and O–H groups in total. The van der Waals surface area contributed by atoms with Gasteiger partial charge < -0.3 is 119 Å². The number of rotatable bonds is 55. The second kappa shape index (κ2) is 55.9. The number of benzene rings is 1.